The summed E-state index contributed by atoms with van der Waals surface area (Å²) < 4.78 is 5.26. The van der Waals surface area contributed by atoms with E-state index in [1.807, 2.05) is 14.1 Å². The number of quaternary nitrogens is 1. The lowest BCUT2D eigenvalue weighted by Crippen LogP contribution is -3.00. The van der Waals surface area contributed by atoms with Gasteiger partial charge in [-0.3, -0.25) is 0 Å². The molecule has 0 aliphatic carbocycles. The van der Waals surface area contributed by atoms with Gasteiger partial charge in [0.05, 0.1) is 14.1 Å². The monoisotopic (exact) mass is 229 g/mol. The maximum absolute atomic E-state index is 11.2. The SMILES string of the molecule is C#CCOC(=O)C[N+](C)(C)CC#CC.[Cl-]. The summed E-state index contributed by atoms with van der Waals surface area (Å²) in [6, 6.07) is 0. The second-order valence-corrected chi connectivity index (χ2v) is 3.54. The molecule has 0 fully saturated rings. The third-order valence-corrected chi connectivity index (χ3v) is 1.56. The molecule has 0 unspecified atom stereocenters. The molecule has 0 spiro atoms. The van der Waals surface area contributed by atoms with E-state index < -0.39 is 0 Å². The van der Waals surface area contributed by atoms with Gasteiger partial charge in [-0.2, -0.15) is 0 Å². The van der Waals surface area contributed by atoms with Crippen LogP contribution in [0.5, 0.6) is 0 Å². The molecule has 0 aliphatic rings. The summed E-state index contributed by atoms with van der Waals surface area (Å²) in [7, 11) is 3.84. The number of rotatable bonds is 4. The van der Waals surface area contributed by atoms with E-state index in [9.17, 15) is 4.79 Å². The second kappa shape index (κ2) is 8.17. The first kappa shape index (κ1) is 16.3. The zero-order chi connectivity index (χ0) is 11.0. The predicted molar refractivity (Wildman–Crippen MR) is 55.1 cm³/mol. The molecule has 84 valence electrons. The Morgan fingerprint density at radius 1 is 1.47 bits per heavy atom. The van der Waals surface area contributed by atoms with E-state index in [2.05, 4.69) is 17.8 Å². The summed E-state index contributed by atoms with van der Waals surface area (Å²) in [5.41, 5.74) is 0. The number of hydrogen-bond acceptors (Lipinski definition) is 2. The molecule has 0 atom stereocenters. The van der Waals surface area contributed by atoms with Crippen molar-refractivity contribution in [2.45, 2.75) is 6.92 Å². The van der Waals surface area contributed by atoms with E-state index in [1.165, 1.54) is 0 Å². The lowest BCUT2D eigenvalue weighted by atomic mass is 10.4. The van der Waals surface area contributed by atoms with Crippen molar-refractivity contribution in [2.75, 3.05) is 33.8 Å². The fourth-order valence-corrected chi connectivity index (χ4v) is 0.866. The van der Waals surface area contributed by atoms with E-state index in [0.717, 1.165) is 0 Å². The minimum Gasteiger partial charge on any atom is -1.00 e. The van der Waals surface area contributed by atoms with Crippen LogP contribution in [-0.4, -0.2) is 44.2 Å². The number of ether oxygens (including phenoxy) is 1. The Kier molecular flexibility index (Phi) is 8.87. The fourth-order valence-electron chi connectivity index (χ4n) is 0.866. The molecule has 0 heterocycles. The van der Waals surface area contributed by atoms with E-state index in [4.69, 9.17) is 11.2 Å². The highest BCUT2D eigenvalue weighted by Crippen LogP contribution is 1.96. The Balaban J connectivity index is 0. The molecule has 0 aromatic rings. The van der Waals surface area contributed by atoms with E-state index in [1.54, 1.807) is 6.92 Å². The Bertz CT molecular complexity index is 294. The van der Waals surface area contributed by atoms with Gasteiger partial charge in [-0.15, -0.1) is 12.3 Å². The van der Waals surface area contributed by atoms with Crippen molar-refractivity contribution in [1.29, 1.82) is 0 Å². The average Bonchev–Trinajstić information content (AvgIpc) is 2.11. The zero-order valence-electron chi connectivity index (χ0n) is 9.34. The van der Waals surface area contributed by atoms with Crippen LogP contribution < -0.4 is 12.4 Å². The molecule has 0 radical (unpaired) electrons. The first-order valence-corrected chi connectivity index (χ1v) is 4.32. The van der Waals surface area contributed by atoms with Crippen molar-refractivity contribution in [3.8, 4) is 24.2 Å². The molecule has 0 aromatic heterocycles. The summed E-state index contributed by atoms with van der Waals surface area (Å²) in [4.78, 5) is 11.2. The van der Waals surface area contributed by atoms with Crippen LogP contribution in [0.15, 0.2) is 0 Å². The molecule has 0 rings (SSSR count). The fraction of sp³-hybridized carbons (Fsp3) is 0.545. The van der Waals surface area contributed by atoms with Crippen molar-refractivity contribution in [3.05, 3.63) is 0 Å². The van der Waals surface area contributed by atoms with Gasteiger partial charge in [0.15, 0.2) is 13.2 Å². The van der Waals surface area contributed by atoms with Gasteiger partial charge in [0.25, 0.3) is 0 Å². The summed E-state index contributed by atoms with van der Waals surface area (Å²) in [6.07, 6.45) is 4.97. The van der Waals surface area contributed by atoms with Crippen molar-refractivity contribution in [3.63, 3.8) is 0 Å². The Morgan fingerprint density at radius 3 is 2.53 bits per heavy atom. The highest BCUT2D eigenvalue weighted by Gasteiger charge is 2.19. The molecule has 0 aromatic carbocycles. The summed E-state index contributed by atoms with van der Waals surface area (Å²) in [6.45, 7) is 2.73. The Hall–Kier alpha value is -1.16. The quantitative estimate of drug-likeness (QED) is 0.297. The number of likely N-dealkylation sites (N-methyl/N-ethyl adjacent to an activating group) is 1. The third kappa shape index (κ3) is 9.15. The van der Waals surface area contributed by atoms with Crippen LogP contribution in [0.4, 0.5) is 0 Å². The number of carbonyl (C=O) groups excluding carboxylic acids is 1. The van der Waals surface area contributed by atoms with Gasteiger partial charge in [0.1, 0.15) is 6.54 Å². The lowest BCUT2D eigenvalue weighted by molar-refractivity contribution is -0.875. The molecule has 0 saturated heterocycles. The van der Waals surface area contributed by atoms with Crippen LogP contribution >= 0.6 is 0 Å². The number of halogens is 1. The maximum atomic E-state index is 11.2. The van der Waals surface area contributed by atoms with Crippen molar-refractivity contribution >= 4 is 5.97 Å². The van der Waals surface area contributed by atoms with Crippen LogP contribution in [0.3, 0.4) is 0 Å². The van der Waals surface area contributed by atoms with E-state index in [0.29, 0.717) is 11.0 Å². The highest BCUT2D eigenvalue weighted by molar-refractivity contribution is 5.70. The first-order chi connectivity index (χ1) is 6.52. The number of terminal acetylenes is 1. The normalized spacial score (nSPS) is 8.93. The number of nitrogens with zero attached hydrogens (tertiary/aromatic N) is 1. The maximum Gasteiger partial charge on any atom is 0.362 e. The van der Waals surface area contributed by atoms with Crippen molar-refractivity contribution < 1.29 is 26.4 Å². The van der Waals surface area contributed by atoms with Gasteiger partial charge >= 0.3 is 5.97 Å². The predicted octanol–water partition coefficient (Wildman–Crippen LogP) is -2.73. The molecule has 15 heavy (non-hydrogen) atoms. The summed E-state index contributed by atoms with van der Waals surface area (Å²) in [5.74, 6) is 7.68. The molecule has 4 heteroatoms. The van der Waals surface area contributed by atoms with Crippen molar-refractivity contribution in [1.82, 2.24) is 0 Å². The minimum atomic E-state index is -0.286. The zero-order valence-corrected chi connectivity index (χ0v) is 10.1. The summed E-state index contributed by atoms with van der Waals surface area (Å²) >= 11 is 0. The third-order valence-electron chi connectivity index (χ3n) is 1.56. The van der Waals surface area contributed by atoms with Crippen LogP contribution in [0.1, 0.15) is 6.92 Å². The smallest absolute Gasteiger partial charge is 0.362 e. The van der Waals surface area contributed by atoms with Gasteiger partial charge < -0.3 is 21.6 Å². The number of esters is 1. The molecule has 0 saturated carbocycles. The second-order valence-electron chi connectivity index (χ2n) is 3.54. The van der Waals surface area contributed by atoms with Crippen LogP contribution in [0, 0.1) is 24.2 Å². The van der Waals surface area contributed by atoms with Crippen LogP contribution in [0.25, 0.3) is 0 Å². The molecular formula is C11H16ClNO2. The van der Waals surface area contributed by atoms with Gasteiger partial charge in [0.2, 0.25) is 0 Å². The summed E-state index contributed by atoms with van der Waals surface area (Å²) in [5, 5.41) is 0. The van der Waals surface area contributed by atoms with E-state index >= 15 is 0 Å². The highest BCUT2D eigenvalue weighted by atomic mass is 35.5. The topological polar surface area (TPSA) is 26.3 Å². The van der Waals surface area contributed by atoms with Gasteiger partial charge in [-0.25, -0.2) is 4.79 Å². The standard InChI is InChI=1S/C11H16NO2.ClH/c1-5-7-8-12(3,4)10-11(13)14-9-6-2;/h2H,8-10H2,1,3-4H3;1H/q+1;/p-1. The molecule has 0 N–H and O–H groups in total. The van der Waals surface area contributed by atoms with Gasteiger partial charge in [-0.1, -0.05) is 5.92 Å². The average molecular weight is 230 g/mol. The first-order valence-electron chi connectivity index (χ1n) is 4.32. The molecule has 0 bridgehead atoms. The minimum absolute atomic E-state index is 0. The Morgan fingerprint density at radius 2 is 2.07 bits per heavy atom. The number of carbonyl (C=O) groups is 1. The van der Waals surface area contributed by atoms with Crippen molar-refractivity contribution in [2.24, 2.45) is 0 Å². The van der Waals surface area contributed by atoms with Gasteiger partial charge in [-0.05, 0) is 12.8 Å². The molecule has 0 aliphatic heterocycles. The van der Waals surface area contributed by atoms with Gasteiger partial charge in [0, 0.05) is 0 Å². The Labute approximate surface area is 97.8 Å². The van der Waals surface area contributed by atoms with E-state index in [-0.39, 0.29) is 31.5 Å². The van der Waals surface area contributed by atoms with Crippen LogP contribution in [0.2, 0.25) is 0 Å². The molecular weight excluding hydrogens is 214 g/mol. The van der Waals surface area contributed by atoms with Crippen LogP contribution in [-0.2, 0) is 9.53 Å². The molecule has 3 nitrogen and oxygen atoms in total. The lowest BCUT2D eigenvalue weighted by Gasteiger charge is -2.25. The number of hydrogen-bond donors (Lipinski definition) is 0. The molecule has 0 amide bonds. The largest absolute Gasteiger partial charge is 1.00 e.